The number of nitrogens with one attached hydrogen (secondary N) is 1. The van der Waals surface area contributed by atoms with Crippen LogP contribution in [0.1, 0.15) is 38.3 Å². The second-order valence-corrected chi connectivity index (χ2v) is 6.79. The average molecular weight is 382 g/mol. The van der Waals surface area contributed by atoms with Crippen molar-refractivity contribution in [2.45, 2.75) is 46.4 Å². The number of benzene rings is 2. The zero-order valence-electron chi connectivity index (χ0n) is 14.9. The first-order valence-electron chi connectivity index (χ1n) is 8.59. The largest absolute Gasteiger partial charge is 0.490 e. The van der Waals surface area contributed by atoms with E-state index in [-0.39, 0.29) is 0 Å². The molecular weight excluding hydrogens is 357 g/mol. The van der Waals surface area contributed by atoms with Gasteiger partial charge in [0, 0.05) is 17.6 Å². The molecular formula is C20H25Cl2NO2. The summed E-state index contributed by atoms with van der Waals surface area (Å²) in [5.41, 5.74) is 2.10. The number of hydrogen-bond acceptors (Lipinski definition) is 3. The molecule has 0 aromatic heterocycles. The topological polar surface area (TPSA) is 30.5 Å². The van der Waals surface area contributed by atoms with E-state index in [0.717, 1.165) is 24.1 Å². The van der Waals surface area contributed by atoms with Crippen LogP contribution in [0.25, 0.3) is 0 Å². The molecule has 0 radical (unpaired) electrons. The third kappa shape index (κ3) is 6.10. The fraction of sp³-hybridized carbons (Fsp3) is 0.400. The van der Waals surface area contributed by atoms with Crippen molar-refractivity contribution in [3.8, 4) is 11.5 Å². The standard InChI is InChI=1S/C20H25Cl2NO2/c1-4-14(3)23-12-16-10-18(22)20(19(11-16)24-5-2)25-13-15-6-8-17(21)9-7-15/h6-11,14,23H,4-5,12-13H2,1-3H3/t14-/m0/s1. The van der Waals surface area contributed by atoms with E-state index in [9.17, 15) is 0 Å². The van der Waals surface area contributed by atoms with Crippen LogP contribution in [0.4, 0.5) is 0 Å². The fourth-order valence-electron chi connectivity index (χ4n) is 2.30. The minimum absolute atomic E-state index is 0.404. The summed E-state index contributed by atoms with van der Waals surface area (Å²) in [4.78, 5) is 0. The summed E-state index contributed by atoms with van der Waals surface area (Å²) in [5.74, 6) is 1.25. The van der Waals surface area contributed by atoms with Crippen LogP contribution in [0.5, 0.6) is 11.5 Å². The summed E-state index contributed by atoms with van der Waals surface area (Å²) in [7, 11) is 0. The molecule has 2 rings (SSSR count). The summed E-state index contributed by atoms with van der Waals surface area (Å²) in [6, 6.07) is 11.9. The van der Waals surface area contributed by atoms with Gasteiger partial charge in [-0.25, -0.2) is 0 Å². The Balaban J connectivity index is 2.13. The van der Waals surface area contributed by atoms with Crippen molar-refractivity contribution in [1.29, 1.82) is 0 Å². The highest BCUT2D eigenvalue weighted by Gasteiger charge is 2.13. The van der Waals surface area contributed by atoms with Gasteiger partial charge >= 0.3 is 0 Å². The lowest BCUT2D eigenvalue weighted by atomic mass is 10.1. The van der Waals surface area contributed by atoms with E-state index < -0.39 is 0 Å². The SMILES string of the molecule is CCOc1cc(CN[C@@H](C)CC)cc(Cl)c1OCc1ccc(Cl)cc1. The van der Waals surface area contributed by atoms with Gasteiger partial charge in [-0.1, -0.05) is 42.3 Å². The van der Waals surface area contributed by atoms with E-state index in [1.807, 2.05) is 43.3 Å². The van der Waals surface area contributed by atoms with Gasteiger partial charge in [-0.3, -0.25) is 0 Å². The summed E-state index contributed by atoms with van der Waals surface area (Å²) in [6.45, 7) is 7.96. The lowest BCUT2D eigenvalue weighted by Gasteiger charge is -2.17. The Hall–Kier alpha value is -1.42. The van der Waals surface area contributed by atoms with Crippen LogP contribution >= 0.6 is 23.2 Å². The predicted molar refractivity (Wildman–Crippen MR) is 105 cm³/mol. The second-order valence-electron chi connectivity index (χ2n) is 5.94. The van der Waals surface area contributed by atoms with Crippen molar-refractivity contribution in [3.63, 3.8) is 0 Å². The average Bonchev–Trinajstić information content (AvgIpc) is 2.60. The Morgan fingerprint density at radius 2 is 1.72 bits per heavy atom. The highest BCUT2D eigenvalue weighted by Crippen LogP contribution is 2.37. The third-order valence-electron chi connectivity index (χ3n) is 3.93. The van der Waals surface area contributed by atoms with Crippen LogP contribution in [0, 0.1) is 0 Å². The van der Waals surface area contributed by atoms with Crippen LogP contribution in [0.2, 0.25) is 10.0 Å². The van der Waals surface area contributed by atoms with Crippen molar-refractivity contribution >= 4 is 23.2 Å². The van der Waals surface area contributed by atoms with Crippen molar-refractivity contribution in [3.05, 3.63) is 57.6 Å². The van der Waals surface area contributed by atoms with Crippen molar-refractivity contribution in [1.82, 2.24) is 5.32 Å². The Labute approximate surface area is 160 Å². The molecule has 2 aromatic carbocycles. The number of rotatable bonds is 9. The van der Waals surface area contributed by atoms with Crippen LogP contribution in [-0.4, -0.2) is 12.6 Å². The molecule has 0 saturated carbocycles. The first-order chi connectivity index (χ1) is 12.0. The van der Waals surface area contributed by atoms with Gasteiger partial charge in [0.15, 0.2) is 11.5 Å². The fourth-order valence-corrected chi connectivity index (χ4v) is 2.71. The van der Waals surface area contributed by atoms with E-state index in [1.54, 1.807) is 0 Å². The summed E-state index contributed by atoms with van der Waals surface area (Å²) in [6.07, 6.45) is 1.08. The molecule has 3 nitrogen and oxygen atoms in total. The van der Waals surface area contributed by atoms with Crippen LogP contribution in [-0.2, 0) is 13.2 Å². The highest BCUT2D eigenvalue weighted by molar-refractivity contribution is 6.32. The molecule has 0 amide bonds. The maximum absolute atomic E-state index is 6.46. The molecule has 2 aromatic rings. The molecule has 1 N–H and O–H groups in total. The van der Waals surface area contributed by atoms with Crippen LogP contribution in [0.3, 0.4) is 0 Å². The van der Waals surface area contributed by atoms with E-state index in [1.165, 1.54) is 0 Å². The first-order valence-corrected chi connectivity index (χ1v) is 9.34. The van der Waals surface area contributed by atoms with Crippen molar-refractivity contribution in [2.24, 2.45) is 0 Å². The van der Waals surface area contributed by atoms with Gasteiger partial charge < -0.3 is 14.8 Å². The Kier molecular flexibility index (Phi) is 7.89. The van der Waals surface area contributed by atoms with E-state index in [4.69, 9.17) is 32.7 Å². The molecule has 0 fully saturated rings. The maximum atomic E-state index is 6.46. The number of hydrogen-bond donors (Lipinski definition) is 1. The minimum Gasteiger partial charge on any atom is -0.490 e. The van der Waals surface area contributed by atoms with Crippen molar-refractivity contribution in [2.75, 3.05) is 6.61 Å². The quantitative estimate of drug-likeness (QED) is 0.589. The molecule has 0 aliphatic rings. The normalized spacial score (nSPS) is 12.0. The van der Waals surface area contributed by atoms with Crippen LogP contribution in [0.15, 0.2) is 36.4 Å². The smallest absolute Gasteiger partial charge is 0.180 e. The monoisotopic (exact) mass is 381 g/mol. The van der Waals surface area contributed by atoms with Gasteiger partial charge in [-0.15, -0.1) is 0 Å². The predicted octanol–water partition coefficient (Wildman–Crippen LogP) is 5.86. The van der Waals surface area contributed by atoms with Gasteiger partial charge in [-0.2, -0.15) is 0 Å². The van der Waals surface area contributed by atoms with Gasteiger partial charge in [0.05, 0.1) is 11.6 Å². The maximum Gasteiger partial charge on any atom is 0.180 e. The van der Waals surface area contributed by atoms with Gasteiger partial charge in [0.1, 0.15) is 6.61 Å². The molecule has 0 unspecified atom stereocenters. The number of halogens is 2. The highest BCUT2D eigenvalue weighted by atomic mass is 35.5. The zero-order valence-corrected chi connectivity index (χ0v) is 16.5. The van der Waals surface area contributed by atoms with Gasteiger partial charge in [0.2, 0.25) is 0 Å². The molecule has 0 spiro atoms. The lowest BCUT2D eigenvalue weighted by Crippen LogP contribution is -2.24. The molecule has 25 heavy (non-hydrogen) atoms. The zero-order chi connectivity index (χ0) is 18.2. The second kappa shape index (κ2) is 9.91. The Bertz CT molecular complexity index is 674. The van der Waals surface area contributed by atoms with Crippen molar-refractivity contribution < 1.29 is 9.47 Å². The lowest BCUT2D eigenvalue weighted by molar-refractivity contribution is 0.269. The molecule has 0 bridgehead atoms. The van der Waals surface area contributed by atoms with E-state index >= 15 is 0 Å². The molecule has 0 saturated heterocycles. The first kappa shape index (κ1) is 19.9. The molecule has 1 atom stereocenters. The summed E-state index contributed by atoms with van der Waals surface area (Å²) in [5, 5.41) is 4.72. The Morgan fingerprint density at radius 1 is 1.00 bits per heavy atom. The Morgan fingerprint density at radius 3 is 2.36 bits per heavy atom. The molecule has 5 heteroatoms. The van der Waals surface area contributed by atoms with Gasteiger partial charge in [0.25, 0.3) is 0 Å². The minimum atomic E-state index is 0.404. The summed E-state index contributed by atoms with van der Waals surface area (Å²) < 4.78 is 11.7. The third-order valence-corrected chi connectivity index (χ3v) is 4.47. The molecule has 0 aliphatic carbocycles. The molecule has 0 aliphatic heterocycles. The van der Waals surface area contributed by atoms with E-state index in [0.29, 0.717) is 40.8 Å². The number of ether oxygens (including phenoxy) is 2. The van der Waals surface area contributed by atoms with E-state index in [2.05, 4.69) is 19.2 Å². The molecule has 136 valence electrons. The van der Waals surface area contributed by atoms with Gasteiger partial charge in [-0.05, 0) is 55.7 Å². The summed E-state index contributed by atoms with van der Waals surface area (Å²) >= 11 is 12.4. The molecule has 0 heterocycles. The van der Waals surface area contributed by atoms with Crippen LogP contribution < -0.4 is 14.8 Å².